The lowest BCUT2D eigenvalue weighted by Gasteiger charge is -2.07. The zero-order chi connectivity index (χ0) is 17.0. The molecule has 0 aromatic rings. The second kappa shape index (κ2) is 20.3. The maximum absolute atomic E-state index is 6.25. The van der Waals surface area contributed by atoms with Crippen LogP contribution in [0.3, 0.4) is 0 Å². The minimum absolute atomic E-state index is 0.437. The lowest BCUT2D eigenvalue weighted by molar-refractivity contribution is 0.523. The van der Waals surface area contributed by atoms with Crippen molar-refractivity contribution in [2.24, 2.45) is 0 Å². The standard InChI is InChI=1S/C22H45Cl/c1-3-5-6-7-8-9-10-11-12-13-14-15-16-17-18-19-21-22(23)20-4-2/h22H,3-21H2,1-2H3. The van der Waals surface area contributed by atoms with E-state index in [4.69, 9.17) is 11.6 Å². The van der Waals surface area contributed by atoms with E-state index in [0.717, 1.165) is 0 Å². The summed E-state index contributed by atoms with van der Waals surface area (Å²) in [5.41, 5.74) is 0. The Morgan fingerprint density at radius 2 is 0.783 bits per heavy atom. The van der Waals surface area contributed by atoms with Gasteiger partial charge in [-0.15, -0.1) is 11.6 Å². The van der Waals surface area contributed by atoms with Crippen LogP contribution in [0.2, 0.25) is 0 Å². The van der Waals surface area contributed by atoms with Crippen molar-refractivity contribution in [1.82, 2.24) is 0 Å². The van der Waals surface area contributed by atoms with E-state index in [2.05, 4.69) is 13.8 Å². The van der Waals surface area contributed by atoms with Gasteiger partial charge in [-0.05, 0) is 12.8 Å². The van der Waals surface area contributed by atoms with Crippen LogP contribution in [-0.2, 0) is 0 Å². The Morgan fingerprint density at radius 1 is 0.435 bits per heavy atom. The molecule has 0 bridgehead atoms. The third kappa shape index (κ3) is 20.2. The van der Waals surface area contributed by atoms with Gasteiger partial charge in [0.1, 0.15) is 0 Å². The molecule has 0 N–H and O–H groups in total. The van der Waals surface area contributed by atoms with Crippen LogP contribution < -0.4 is 0 Å². The van der Waals surface area contributed by atoms with Gasteiger partial charge in [0.25, 0.3) is 0 Å². The summed E-state index contributed by atoms with van der Waals surface area (Å²) in [6.07, 6.45) is 26.7. The average molecular weight is 345 g/mol. The van der Waals surface area contributed by atoms with E-state index in [-0.39, 0.29) is 0 Å². The number of halogens is 1. The minimum atomic E-state index is 0.437. The van der Waals surface area contributed by atoms with E-state index in [1.807, 2.05) is 0 Å². The number of alkyl halides is 1. The zero-order valence-corrected chi connectivity index (χ0v) is 17.1. The number of rotatable bonds is 19. The number of hydrogen-bond donors (Lipinski definition) is 0. The molecular weight excluding hydrogens is 300 g/mol. The summed E-state index contributed by atoms with van der Waals surface area (Å²) in [5, 5.41) is 0.437. The van der Waals surface area contributed by atoms with Crippen LogP contribution in [0.1, 0.15) is 136 Å². The van der Waals surface area contributed by atoms with Gasteiger partial charge in [-0.25, -0.2) is 0 Å². The molecule has 0 fully saturated rings. The normalized spacial score (nSPS) is 12.7. The van der Waals surface area contributed by atoms with E-state index < -0.39 is 0 Å². The maximum Gasteiger partial charge on any atom is 0.0336 e. The van der Waals surface area contributed by atoms with Crippen molar-refractivity contribution in [2.45, 2.75) is 141 Å². The van der Waals surface area contributed by atoms with E-state index in [0.29, 0.717) is 5.38 Å². The molecule has 0 amide bonds. The molecule has 23 heavy (non-hydrogen) atoms. The van der Waals surface area contributed by atoms with E-state index in [1.165, 1.54) is 122 Å². The SMILES string of the molecule is CCCCCCCCCCCCCCCCCCC(Cl)CCC. The Labute approximate surface area is 153 Å². The summed E-state index contributed by atoms with van der Waals surface area (Å²) in [6.45, 7) is 4.52. The highest BCUT2D eigenvalue weighted by Gasteiger charge is 2.02. The van der Waals surface area contributed by atoms with E-state index in [9.17, 15) is 0 Å². The highest BCUT2D eigenvalue weighted by Crippen LogP contribution is 2.16. The summed E-state index contributed by atoms with van der Waals surface area (Å²) in [6, 6.07) is 0. The number of unbranched alkanes of at least 4 members (excludes halogenated alkanes) is 15. The first-order chi connectivity index (χ1) is 11.3. The molecule has 0 aromatic carbocycles. The second-order valence-electron chi connectivity index (χ2n) is 7.48. The molecule has 140 valence electrons. The fraction of sp³-hybridized carbons (Fsp3) is 1.00. The first-order valence-electron chi connectivity index (χ1n) is 10.9. The van der Waals surface area contributed by atoms with E-state index in [1.54, 1.807) is 0 Å². The molecule has 0 spiro atoms. The smallest absolute Gasteiger partial charge is 0.0336 e. The fourth-order valence-electron chi connectivity index (χ4n) is 3.37. The zero-order valence-electron chi connectivity index (χ0n) is 16.4. The quantitative estimate of drug-likeness (QED) is 0.162. The van der Waals surface area contributed by atoms with Crippen LogP contribution in [0.4, 0.5) is 0 Å². The fourth-order valence-corrected chi connectivity index (χ4v) is 3.74. The summed E-state index contributed by atoms with van der Waals surface area (Å²) in [5.74, 6) is 0. The van der Waals surface area contributed by atoms with Gasteiger partial charge in [-0.3, -0.25) is 0 Å². The molecule has 0 aliphatic heterocycles. The van der Waals surface area contributed by atoms with Crippen molar-refractivity contribution in [3.63, 3.8) is 0 Å². The molecule has 0 saturated carbocycles. The number of hydrogen-bond acceptors (Lipinski definition) is 0. The van der Waals surface area contributed by atoms with Crippen LogP contribution in [0, 0.1) is 0 Å². The molecule has 0 aliphatic carbocycles. The predicted molar refractivity (Wildman–Crippen MR) is 109 cm³/mol. The highest BCUT2D eigenvalue weighted by atomic mass is 35.5. The first-order valence-corrected chi connectivity index (χ1v) is 11.4. The van der Waals surface area contributed by atoms with Gasteiger partial charge in [0.15, 0.2) is 0 Å². The van der Waals surface area contributed by atoms with Crippen molar-refractivity contribution >= 4 is 11.6 Å². The van der Waals surface area contributed by atoms with Crippen molar-refractivity contribution in [3.8, 4) is 0 Å². The van der Waals surface area contributed by atoms with Crippen molar-refractivity contribution in [2.75, 3.05) is 0 Å². The molecule has 0 rings (SSSR count). The molecule has 1 heteroatoms. The third-order valence-electron chi connectivity index (χ3n) is 4.97. The summed E-state index contributed by atoms with van der Waals surface area (Å²) >= 11 is 6.25. The van der Waals surface area contributed by atoms with Gasteiger partial charge < -0.3 is 0 Å². The topological polar surface area (TPSA) is 0 Å². The Bertz CT molecular complexity index is 202. The molecule has 1 atom stereocenters. The van der Waals surface area contributed by atoms with Crippen LogP contribution >= 0.6 is 11.6 Å². The molecule has 0 aromatic heterocycles. The summed E-state index contributed by atoms with van der Waals surface area (Å²) < 4.78 is 0. The monoisotopic (exact) mass is 344 g/mol. The molecule has 1 unspecified atom stereocenters. The molecular formula is C22H45Cl. The Morgan fingerprint density at radius 3 is 1.13 bits per heavy atom. The van der Waals surface area contributed by atoms with Crippen LogP contribution in [0.5, 0.6) is 0 Å². The van der Waals surface area contributed by atoms with Crippen molar-refractivity contribution < 1.29 is 0 Å². The maximum atomic E-state index is 6.25. The summed E-state index contributed by atoms with van der Waals surface area (Å²) in [4.78, 5) is 0. The van der Waals surface area contributed by atoms with Crippen LogP contribution in [0.15, 0.2) is 0 Å². The van der Waals surface area contributed by atoms with Crippen LogP contribution in [-0.4, -0.2) is 5.38 Å². The molecule has 0 nitrogen and oxygen atoms in total. The van der Waals surface area contributed by atoms with E-state index >= 15 is 0 Å². The molecule has 0 saturated heterocycles. The minimum Gasteiger partial charge on any atom is -0.123 e. The third-order valence-corrected chi connectivity index (χ3v) is 5.41. The van der Waals surface area contributed by atoms with Crippen molar-refractivity contribution in [1.29, 1.82) is 0 Å². The molecule has 0 aliphatic rings. The van der Waals surface area contributed by atoms with Gasteiger partial charge in [-0.1, -0.05) is 123 Å². The average Bonchev–Trinajstić information content (AvgIpc) is 2.54. The van der Waals surface area contributed by atoms with Gasteiger partial charge >= 0.3 is 0 Å². The Kier molecular flexibility index (Phi) is 20.6. The largest absolute Gasteiger partial charge is 0.123 e. The van der Waals surface area contributed by atoms with Gasteiger partial charge in [0.05, 0.1) is 0 Å². The Balaban J connectivity index is 3.00. The highest BCUT2D eigenvalue weighted by molar-refractivity contribution is 6.20. The van der Waals surface area contributed by atoms with Crippen molar-refractivity contribution in [3.05, 3.63) is 0 Å². The van der Waals surface area contributed by atoms with Gasteiger partial charge in [-0.2, -0.15) is 0 Å². The predicted octanol–water partition coefficient (Wildman–Crippen LogP) is 9.05. The van der Waals surface area contributed by atoms with Gasteiger partial charge in [0, 0.05) is 5.38 Å². The first kappa shape index (κ1) is 23.3. The molecule has 0 heterocycles. The Hall–Kier alpha value is 0.290. The lowest BCUT2D eigenvalue weighted by Crippen LogP contribution is -1.97. The lowest BCUT2D eigenvalue weighted by atomic mass is 10.0. The second-order valence-corrected chi connectivity index (χ2v) is 8.10. The van der Waals surface area contributed by atoms with Gasteiger partial charge in [0.2, 0.25) is 0 Å². The van der Waals surface area contributed by atoms with Crippen LogP contribution in [0.25, 0.3) is 0 Å². The molecule has 0 radical (unpaired) electrons. The summed E-state index contributed by atoms with van der Waals surface area (Å²) in [7, 11) is 0.